The van der Waals surface area contributed by atoms with E-state index in [-0.39, 0.29) is 5.91 Å². The van der Waals surface area contributed by atoms with Gasteiger partial charge in [-0.15, -0.1) is 0 Å². The molecule has 1 fully saturated rings. The molecule has 1 amide bonds. The van der Waals surface area contributed by atoms with Crippen molar-refractivity contribution in [3.05, 3.63) is 70.6 Å². The van der Waals surface area contributed by atoms with Gasteiger partial charge in [-0.25, -0.2) is 18.0 Å². The molecule has 0 aliphatic carbocycles. The first kappa shape index (κ1) is 20.1. The molecule has 1 atom stereocenters. The fraction of sp³-hybridized carbons (Fsp3) is 0.238. The third-order valence-corrected chi connectivity index (χ3v) is 5.24. The molecule has 2 heterocycles. The number of hydrogen-bond acceptors (Lipinski definition) is 3. The molecule has 2 aliphatic heterocycles. The van der Waals surface area contributed by atoms with Crippen molar-refractivity contribution in [1.82, 2.24) is 4.90 Å². The maximum absolute atomic E-state index is 13.8. The van der Waals surface area contributed by atoms with Crippen molar-refractivity contribution < 1.29 is 36.3 Å². The van der Waals surface area contributed by atoms with E-state index < -0.39 is 46.8 Å². The van der Waals surface area contributed by atoms with E-state index >= 15 is 0 Å². The fourth-order valence-corrected chi connectivity index (χ4v) is 3.86. The third-order valence-electron chi connectivity index (χ3n) is 5.24. The van der Waals surface area contributed by atoms with Gasteiger partial charge in [-0.2, -0.15) is 8.78 Å². The van der Waals surface area contributed by atoms with Crippen LogP contribution >= 0.6 is 0 Å². The summed E-state index contributed by atoms with van der Waals surface area (Å²) in [6, 6.07) is 6.08. The first-order chi connectivity index (χ1) is 14.3. The van der Waals surface area contributed by atoms with E-state index in [0.717, 1.165) is 18.9 Å². The van der Waals surface area contributed by atoms with Crippen LogP contribution in [-0.2, 0) is 4.79 Å². The number of hydrogen-bond donors (Lipinski definition) is 0. The Morgan fingerprint density at radius 1 is 0.933 bits per heavy atom. The first-order valence-corrected chi connectivity index (χ1v) is 9.16. The van der Waals surface area contributed by atoms with Crippen molar-refractivity contribution in [2.75, 3.05) is 6.54 Å². The quantitative estimate of drug-likeness (QED) is 0.180. The normalized spacial score (nSPS) is 19.5. The minimum absolute atomic E-state index is 0.194. The van der Waals surface area contributed by atoms with Crippen LogP contribution in [0.3, 0.4) is 0 Å². The highest BCUT2D eigenvalue weighted by molar-refractivity contribution is 6.06. The third kappa shape index (κ3) is 3.14. The van der Waals surface area contributed by atoms with Gasteiger partial charge in [-0.1, -0.05) is 18.2 Å². The average Bonchev–Trinajstić information content (AvgIpc) is 2.77. The maximum Gasteiger partial charge on any atom is 0.336 e. The minimum Gasteiger partial charge on any atom is -0.417 e. The highest BCUT2D eigenvalue weighted by Crippen LogP contribution is 2.37. The lowest BCUT2D eigenvalue weighted by molar-refractivity contribution is -0.129. The molecule has 30 heavy (non-hydrogen) atoms. The summed E-state index contributed by atoms with van der Waals surface area (Å²) in [5.74, 6) is -14.4. The van der Waals surface area contributed by atoms with Gasteiger partial charge < -0.3 is 9.64 Å². The first-order valence-electron chi connectivity index (χ1n) is 9.16. The second-order valence-electron chi connectivity index (χ2n) is 6.98. The highest BCUT2D eigenvalue weighted by Gasteiger charge is 2.37. The largest absolute Gasteiger partial charge is 0.417 e. The number of ether oxygens (including phenoxy) is 1. The summed E-state index contributed by atoms with van der Waals surface area (Å²) in [6.07, 6.45) is 3.07. The Bertz CT molecular complexity index is 1070. The molecule has 0 saturated carbocycles. The Morgan fingerprint density at radius 3 is 2.20 bits per heavy atom. The van der Waals surface area contributed by atoms with Gasteiger partial charge in [-0.05, 0) is 36.5 Å². The van der Waals surface area contributed by atoms with Crippen LogP contribution in [0.15, 0.2) is 30.3 Å². The SMILES string of the molecule is O=C(/C=C1/c2ccccc2C(=O)N2CCCC[C@H]12)Oc1c(F)c(F)c(F)c(F)c1F. The van der Waals surface area contributed by atoms with Crippen molar-refractivity contribution in [3.8, 4) is 5.75 Å². The second kappa shape index (κ2) is 7.55. The van der Waals surface area contributed by atoms with E-state index in [1.807, 2.05) is 0 Å². The number of amides is 1. The van der Waals surface area contributed by atoms with E-state index in [9.17, 15) is 31.5 Å². The molecule has 4 nitrogen and oxygen atoms in total. The molecular formula is C21H14F5NO3. The molecule has 0 aromatic heterocycles. The zero-order valence-electron chi connectivity index (χ0n) is 15.4. The van der Waals surface area contributed by atoms with Gasteiger partial charge in [0.1, 0.15) is 0 Å². The van der Waals surface area contributed by atoms with Gasteiger partial charge in [0, 0.05) is 18.2 Å². The van der Waals surface area contributed by atoms with Gasteiger partial charge in [0.15, 0.2) is 0 Å². The van der Waals surface area contributed by atoms with Crippen molar-refractivity contribution >= 4 is 17.4 Å². The van der Waals surface area contributed by atoms with Gasteiger partial charge in [0.25, 0.3) is 5.91 Å². The predicted molar refractivity (Wildman–Crippen MR) is 95.0 cm³/mol. The highest BCUT2D eigenvalue weighted by atomic mass is 19.2. The molecule has 1 saturated heterocycles. The van der Waals surface area contributed by atoms with Crippen LogP contribution in [0.4, 0.5) is 22.0 Å². The van der Waals surface area contributed by atoms with E-state index in [1.165, 1.54) is 0 Å². The van der Waals surface area contributed by atoms with Gasteiger partial charge in [0.05, 0.1) is 6.04 Å². The Kier molecular flexibility index (Phi) is 5.05. The molecule has 0 N–H and O–H groups in total. The van der Waals surface area contributed by atoms with Gasteiger partial charge in [0.2, 0.25) is 34.8 Å². The number of esters is 1. The topological polar surface area (TPSA) is 46.6 Å². The van der Waals surface area contributed by atoms with E-state index in [0.29, 0.717) is 29.7 Å². The summed E-state index contributed by atoms with van der Waals surface area (Å²) in [6.45, 7) is 0.474. The average molecular weight is 423 g/mol. The number of halogens is 5. The van der Waals surface area contributed by atoms with Crippen LogP contribution in [0.5, 0.6) is 5.75 Å². The Labute approximate surface area is 167 Å². The Hall–Kier alpha value is -3.23. The number of nitrogens with zero attached hydrogens (tertiary/aromatic N) is 1. The number of piperidine rings is 1. The molecule has 2 aliphatic rings. The molecule has 156 valence electrons. The van der Waals surface area contributed by atoms with Gasteiger partial charge in [-0.3, -0.25) is 4.79 Å². The van der Waals surface area contributed by atoms with Crippen molar-refractivity contribution in [3.63, 3.8) is 0 Å². The molecule has 0 bridgehead atoms. The standard InChI is InChI=1S/C21H14F5NO3/c22-15-16(23)18(25)20(19(26)17(15)24)30-14(28)9-12-10-5-1-2-6-11(10)21(29)27-8-4-3-7-13(12)27/h1-2,5-6,9,13H,3-4,7-8H2/b12-9-/t13-/m1/s1. The number of carbonyl (C=O) groups is 2. The number of fused-ring (bicyclic) bond motifs is 2. The van der Waals surface area contributed by atoms with Crippen LogP contribution in [0.2, 0.25) is 0 Å². The van der Waals surface area contributed by atoms with E-state index in [2.05, 4.69) is 4.74 Å². The summed E-state index contributed by atoms with van der Waals surface area (Å²) >= 11 is 0. The summed E-state index contributed by atoms with van der Waals surface area (Å²) in [7, 11) is 0. The zero-order chi connectivity index (χ0) is 21.6. The van der Waals surface area contributed by atoms with E-state index in [4.69, 9.17) is 0 Å². The lowest BCUT2D eigenvalue weighted by atomic mass is 9.83. The molecule has 0 radical (unpaired) electrons. The monoisotopic (exact) mass is 423 g/mol. The molecule has 9 heteroatoms. The Balaban J connectivity index is 1.75. The molecule has 4 rings (SSSR count). The lowest BCUT2D eigenvalue weighted by Gasteiger charge is -2.41. The minimum atomic E-state index is -2.35. The van der Waals surface area contributed by atoms with Crippen molar-refractivity contribution in [1.29, 1.82) is 0 Å². The number of carbonyl (C=O) groups excluding carboxylic acids is 2. The van der Waals surface area contributed by atoms with Crippen LogP contribution < -0.4 is 4.74 Å². The second-order valence-corrected chi connectivity index (χ2v) is 6.98. The van der Waals surface area contributed by atoms with Crippen LogP contribution in [0, 0.1) is 29.1 Å². The van der Waals surface area contributed by atoms with Gasteiger partial charge >= 0.3 is 5.97 Å². The molecule has 2 aromatic rings. The van der Waals surface area contributed by atoms with Crippen molar-refractivity contribution in [2.45, 2.75) is 25.3 Å². The van der Waals surface area contributed by atoms with E-state index in [1.54, 1.807) is 29.2 Å². The maximum atomic E-state index is 13.8. The van der Waals surface area contributed by atoms with Crippen LogP contribution in [0.25, 0.3) is 5.57 Å². The molecule has 0 unspecified atom stereocenters. The number of benzene rings is 2. The summed E-state index contributed by atoms with van der Waals surface area (Å²) in [4.78, 5) is 26.7. The lowest BCUT2D eigenvalue weighted by Crippen LogP contribution is -2.47. The fourth-order valence-electron chi connectivity index (χ4n) is 3.86. The summed E-state index contributed by atoms with van der Waals surface area (Å²) in [5.41, 5.74) is 1.20. The summed E-state index contributed by atoms with van der Waals surface area (Å²) < 4.78 is 72.1. The van der Waals surface area contributed by atoms with Crippen LogP contribution in [-0.4, -0.2) is 29.4 Å². The molecule has 2 aromatic carbocycles. The van der Waals surface area contributed by atoms with Crippen LogP contribution in [0.1, 0.15) is 35.2 Å². The smallest absolute Gasteiger partial charge is 0.336 e. The van der Waals surface area contributed by atoms with Crippen molar-refractivity contribution in [2.24, 2.45) is 0 Å². The summed E-state index contributed by atoms with van der Waals surface area (Å²) in [5, 5.41) is 0. The predicted octanol–water partition coefficient (Wildman–Crippen LogP) is 4.38. The number of rotatable bonds is 2. The molecular weight excluding hydrogens is 409 g/mol. The molecule has 0 spiro atoms. The zero-order valence-corrected chi connectivity index (χ0v) is 15.4. The Morgan fingerprint density at radius 2 is 1.53 bits per heavy atom.